The maximum Gasteiger partial charge on any atom is 0.269 e. The summed E-state index contributed by atoms with van der Waals surface area (Å²) in [5.74, 6) is 1.05. The molecule has 0 aliphatic carbocycles. The van der Waals surface area contributed by atoms with Crippen LogP contribution < -0.4 is 20.1 Å². The third-order valence-electron chi connectivity index (χ3n) is 3.57. The van der Waals surface area contributed by atoms with Crippen molar-refractivity contribution >= 4 is 5.91 Å². The van der Waals surface area contributed by atoms with E-state index >= 15 is 0 Å². The largest absolute Gasteiger partial charge is 0.493 e. The van der Waals surface area contributed by atoms with E-state index in [2.05, 4.69) is 20.8 Å². The van der Waals surface area contributed by atoms with Crippen molar-refractivity contribution in [3.8, 4) is 22.8 Å². The lowest BCUT2D eigenvalue weighted by atomic mass is 10.1. The number of nitrogens with one attached hydrogen (secondary N) is 3. The molecule has 8 nitrogen and oxygen atoms in total. The normalized spacial score (nSPS) is 10.5. The Morgan fingerprint density at radius 3 is 2.60 bits per heavy atom. The van der Waals surface area contributed by atoms with Crippen molar-refractivity contribution in [2.75, 3.05) is 47.6 Å². The molecular weight excluding hydrogens is 324 g/mol. The molecule has 1 aromatic heterocycles. The van der Waals surface area contributed by atoms with Gasteiger partial charge in [-0.05, 0) is 24.3 Å². The second kappa shape index (κ2) is 9.65. The number of carbonyl (C=O) groups is 1. The molecule has 3 N–H and O–H groups in total. The number of nitrogens with zero attached hydrogens (tertiary/aromatic N) is 1. The first-order valence-electron chi connectivity index (χ1n) is 7.95. The van der Waals surface area contributed by atoms with E-state index in [-0.39, 0.29) is 5.91 Å². The molecule has 8 heteroatoms. The first-order chi connectivity index (χ1) is 12.2. The van der Waals surface area contributed by atoms with Crippen LogP contribution in [0.15, 0.2) is 24.3 Å². The fourth-order valence-electron chi connectivity index (χ4n) is 2.24. The summed E-state index contributed by atoms with van der Waals surface area (Å²) >= 11 is 0. The van der Waals surface area contributed by atoms with E-state index in [4.69, 9.17) is 14.2 Å². The molecule has 0 aliphatic rings. The first-order valence-corrected chi connectivity index (χ1v) is 7.95. The van der Waals surface area contributed by atoms with Crippen molar-refractivity contribution in [3.05, 3.63) is 30.0 Å². The van der Waals surface area contributed by atoms with Gasteiger partial charge in [0, 0.05) is 32.3 Å². The molecule has 0 aliphatic heterocycles. The first kappa shape index (κ1) is 18.8. The smallest absolute Gasteiger partial charge is 0.269 e. The van der Waals surface area contributed by atoms with Gasteiger partial charge in [-0.3, -0.25) is 9.89 Å². The summed E-state index contributed by atoms with van der Waals surface area (Å²) in [4.78, 5) is 12.1. The SMILES string of the molecule is COCCNCCNC(=O)c1cc(-c2ccc(OC)c(OC)c2)n[nH]1. The maximum atomic E-state index is 12.1. The van der Waals surface area contributed by atoms with Crippen LogP contribution in [0.2, 0.25) is 0 Å². The number of hydrogen-bond acceptors (Lipinski definition) is 6. The van der Waals surface area contributed by atoms with Crippen LogP contribution in [0, 0.1) is 0 Å². The van der Waals surface area contributed by atoms with E-state index in [1.165, 1.54) is 0 Å². The van der Waals surface area contributed by atoms with E-state index in [1.54, 1.807) is 33.5 Å². The van der Waals surface area contributed by atoms with Crippen LogP contribution in [0.4, 0.5) is 0 Å². The minimum atomic E-state index is -0.201. The number of aromatic nitrogens is 2. The van der Waals surface area contributed by atoms with Gasteiger partial charge in [0.05, 0.1) is 26.5 Å². The zero-order chi connectivity index (χ0) is 18.1. The number of benzene rings is 1. The fraction of sp³-hybridized carbons (Fsp3) is 0.412. The molecule has 1 aromatic carbocycles. The highest BCUT2D eigenvalue weighted by Crippen LogP contribution is 2.31. The van der Waals surface area contributed by atoms with Crippen LogP contribution in [-0.4, -0.2) is 63.7 Å². The summed E-state index contributed by atoms with van der Waals surface area (Å²) in [6, 6.07) is 7.18. The molecule has 1 heterocycles. The average Bonchev–Trinajstić information content (AvgIpc) is 3.14. The van der Waals surface area contributed by atoms with Crippen LogP contribution in [0.1, 0.15) is 10.5 Å². The number of methoxy groups -OCH3 is 3. The Morgan fingerprint density at radius 2 is 1.88 bits per heavy atom. The van der Waals surface area contributed by atoms with Crippen molar-refractivity contribution in [1.82, 2.24) is 20.8 Å². The number of hydrogen-bond donors (Lipinski definition) is 3. The number of aromatic amines is 1. The molecule has 0 bridgehead atoms. The van der Waals surface area contributed by atoms with Gasteiger partial charge in [0.15, 0.2) is 11.5 Å². The lowest BCUT2D eigenvalue weighted by Gasteiger charge is -2.08. The molecule has 0 atom stereocenters. The molecule has 136 valence electrons. The molecule has 0 radical (unpaired) electrons. The Hall–Kier alpha value is -2.58. The van der Waals surface area contributed by atoms with Gasteiger partial charge in [0.1, 0.15) is 5.69 Å². The lowest BCUT2D eigenvalue weighted by Crippen LogP contribution is -2.33. The summed E-state index contributed by atoms with van der Waals surface area (Å²) in [7, 11) is 4.81. The van der Waals surface area contributed by atoms with E-state index in [0.29, 0.717) is 42.6 Å². The molecular formula is C17H24N4O4. The number of H-pyrrole nitrogens is 1. The van der Waals surface area contributed by atoms with E-state index < -0.39 is 0 Å². The predicted octanol–water partition coefficient (Wildman–Crippen LogP) is 1.06. The summed E-state index contributed by atoms with van der Waals surface area (Å²) in [6.45, 7) is 2.59. The van der Waals surface area contributed by atoms with Crippen molar-refractivity contribution < 1.29 is 19.0 Å². The minimum absolute atomic E-state index is 0.201. The zero-order valence-electron chi connectivity index (χ0n) is 14.7. The van der Waals surface area contributed by atoms with Crippen LogP contribution in [0.3, 0.4) is 0 Å². The van der Waals surface area contributed by atoms with E-state index in [1.807, 2.05) is 12.1 Å². The van der Waals surface area contributed by atoms with Gasteiger partial charge in [-0.25, -0.2) is 0 Å². The van der Waals surface area contributed by atoms with E-state index in [0.717, 1.165) is 12.1 Å². The van der Waals surface area contributed by atoms with Crippen molar-refractivity contribution in [2.24, 2.45) is 0 Å². The second-order valence-corrected chi connectivity index (χ2v) is 5.24. The average molecular weight is 348 g/mol. The summed E-state index contributed by atoms with van der Waals surface area (Å²) in [6.07, 6.45) is 0. The van der Waals surface area contributed by atoms with Crippen LogP contribution in [-0.2, 0) is 4.74 Å². The Bertz CT molecular complexity index is 687. The zero-order valence-corrected chi connectivity index (χ0v) is 14.7. The van der Waals surface area contributed by atoms with Crippen LogP contribution in [0.25, 0.3) is 11.3 Å². The monoisotopic (exact) mass is 348 g/mol. The molecule has 1 amide bonds. The van der Waals surface area contributed by atoms with Crippen LogP contribution in [0.5, 0.6) is 11.5 Å². The minimum Gasteiger partial charge on any atom is -0.493 e. The highest BCUT2D eigenvalue weighted by Gasteiger charge is 2.12. The Balaban J connectivity index is 1.94. The van der Waals surface area contributed by atoms with Gasteiger partial charge in [-0.15, -0.1) is 0 Å². The second-order valence-electron chi connectivity index (χ2n) is 5.24. The lowest BCUT2D eigenvalue weighted by molar-refractivity contribution is 0.0948. The molecule has 0 spiro atoms. The number of amides is 1. The van der Waals surface area contributed by atoms with Crippen molar-refractivity contribution in [1.29, 1.82) is 0 Å². The molecule has 2 rings (SSSR count). The molecule has 2 aromatic rings. The van der Waals surface area contributed by atoms with Gasteiger partial charge in [-0.1, -0.05) is 0 Å². The third kappa shape index (κ3) is 5.20. The maximum absolute atomic E-state index is 12.1. The summed E-state index contributed by atoms with van der Waals surface area (Å²) in [5, 5.41) is 12.9. The highest BCUT2D eigenvalue weighted by atomic mass is 16.5. The van der Waals surface area contributed by atoms with Gasteiger partial charge in [-0.2, -0.15) is 5.10 Å². The van der Waals surface area contributed by atoms with Gasteiger partial charge in [0.25, 0.3) is 5.91 Å². The quantitative estimate of drug-likeness (QED) is 0.556. The number of ether oxygens (including phenoxy) is 3. The number of rotatable bonds is 10. The molecule has 0 saturated heterocycles. The topological polar surface area (TPSA) is 97.5 Å². The summed E-state index contributed by atoms with van der Waals surface area (Å²) in [5.41, 5.74) is 1.89. The highest BCUT2D eigenvalue weighted by molar-refractivity contribution is 5.93. The Labute approximate surface area is 146 Å². The summed E-state index contributed by atoms with van der Waals surface area (Å²) < 4.78 is 15.4. The number of carbonyl (C=O) groups excluding carboxylic acids is 1. The Kier molecular flexibility index (Phi) is 7.24. The molecule has 25 heavy (non-hydrogen) atoms. The fourth-order valence-corrected chi connectivity index (χ4v) is 2.24. The van der Waals surface area contributed by atoms with Crippen molar-refractivity contribution in [3.63, 3.8) is 0 Å². The van der Waals surface area contributed by atoms with Crippen molar-refractivity contribution in [2.45, 2.75) is 0 Å². The van der Waals surface area contributed by atoms with Gasteiger partial charge in [0.2, 0.25) is 0 Å². The molecule has 0 fully saturated rings. The van der Waals surface area contributed by atoms with Gasteiger partial charge < -0.3 is 24.8 Å². The molecule has 0 unspecified atom stereocenters. The standard InChI is InChI=1S/C17H24N4O4/c1-23-9-8-18-6-7-19-17(22)14-11-13(20-21-14)12-4-5-15(24-2)16(10-12)25-3/h4-5,10-11,18H,6-9H2,1-3H3,(H,19,22)(H,20,21). The van der Waals surface area contributed by atoms with Gasteiger partial charge >= 0.3 is 0 Å². The Morgan fingerprint density at radius 1 is 1.08 bits per heavy atom. The predicted molar refractivity (Wildman–Crippen MR) is 94.2 cm³/mol. The van der Waals surface area contributed by atoms with E-state index in [9.17, 15) is 4.79 Å². The molecule has 0 saturated carbocycles. The van der Waals surface area contributed by atoms with Crippen LogP contribution >= 0.6 is 0 Å². The third-order valence-corrected chi connectivity index (χ3v) is 3.57.